The quantitative estimate of drug-likeness (QED) is 0.744. The summed E-state index contributed by atoms with van der Waals surface area (Å²) in [5.74, 6) is 0.160. The maximum atomic E-state index is 12.5. The minimum atomic E-state index is -2.79. The van der Waals surface area contributed by atoms with Crippen LogP contribution in [0.3, 0.4) is 0 Å². The number of methoxy groups -OCH3 is 1. The highest BCUT2D eigenvalue weighted by Crippen LogP contribution is 2.15. The van der Waals surface area contributed by atoms with Crippen LogP contribution < -0.4 is 10.1 Å². The van der Waals surface area contributed by atoms with E-state index in [1.54, 1.807) is 18.0 Å². The van der Waals surface area contributed by atoms with Crippen LogP contribution in [0.4, 0.5) is 14.5 Å². The fourth-order valence-corrected chi connectivity index (χ4v) is 2.24. The highest BCUT2D eigenvalue weighted by Gasteiger charge is 2.14. The van der Waals surface area contributed by atoms with Crippen LogP contribution >= 0.6 is 0 Å². The van der Waals surface area contributed by atoms with Crippen molar-refractivity contribution in [3.05, 3.63) is 60.2 Å². The van der Waals surface area contributed by atoms with Crippen molar-refractivity contribution in [2.75, 3.05) is 12.4 Å². The minimum Gasteiger partial charge on any atom is -0.497 e. The van der Waals surface area contributed by atoms with E-state index in [9.17, 15) is 13.6 Å². The van der Waals surface area contributed by atoms with E-state index in [1.165, 1.54) is 12.3 Å². The summed E-state index contributed by atoms with van der Waals surface area (Å²) in [6.45, 7) is -2.29. The lowest BCUT2D eigenvalue weighted by molar-refractivity contribution is 0.0561. The molecule has 0 fully saturated rings. The molecule has 1 aromatic carbocycles. The maximum absolute atomic E-state index is 12.5. The third-order valence-corrected chi connectivity index (χ3v) is 3.41. The van der Waals surface area contributed by atoms with Gasteiger partial charge in [0.1, 0.15) is 5.75 Å². The smallest absolute Gasteiger partial charge is 0.333 e. The van der Waals surface area contributed by atoms with Crippen LogP contribution in [0.15, 0.2) is 48.9 Å². The first-order valence-corrected chi connectivity index (χ1v) is 7.35. The van der Waals surface area contributed by atoms with Gasteiger partial charge in [-0.1, -0.05) is 12.1 Å². The molecule has 3 rings (SSSR count). The summed E-state index contributed by atoms with van der Waals surface area (Å²) in [7, 11) is 1.59. The van der Waals surface area contributed by atoms with E-state index >= 15 is 0 Å². The molecule has 0 spiro atoms. The molecule has 2 aromatic heterocycles. The second-order valence-corrected chi connectivity index (χ2v) is 5.19. The summed E-state index contributed by atoms with van der Waals surface area (Å²) >= 11 is 0. The van der Waals surface area contributed by atoms with Gasteiger partial charge in [-0.15, -0.1) is 0 Å². The van der Waals surface area contributed by atoms with Crippen LogP contribution in [0.2, 0.25) is 0 Å². The molecule has 0 unspecified atom stereocenters. The largest absolute Gasteiger partial charge is 0.497 e. The number of anilines is 1. The van der Waals surface area contributed by atoms with Crippen molar-refractivity contribution in [1.29, 1.82) is 0 Å². The van der Waals surface area contributed by atoms with Crippen molar-refractivity contribution in [3.63, 3.8) is 0 Å². The highest BCUT2D eigenvalue weighted by atomic mass is 19.3. The first kappa shape index (κ1) is 16.6. The van der Waals surface area contributed by atoms with Gasteiger partial charge in [0.15, 0.2) is 5.69 Å². The predicted molar refractivity (Wildman–Crippen MR) is 85.8 cm³/mol. The summed E-state index contributed by atoms with van der Waals surface area (Å²) in [5.41, 5.74) is 1.33. The Balaban J connectivity index is 1.65. The van der Waals surface area contributed by atoms with E-state index in [4.69, 9.17) is 4.74 Å². The number of aromatic nitrogens is 4. The topological polar surface area (TPSA) is 74.0 Å². The number of hydrogen-bond acceptors (Lipinski definition) is 4. The number of rotatable bonds is 6. The van der Waals surface area contributed by atoms with Gasteiger partial charge in [0, 0.05) is 12.4 Å². The van der Waals surface area contributed by atoms with E-state index in [0.717, 1.165) is 17.5 Å². The standard InChI is InChI=1S/C16H15F2N5O2/c1-25-13-4-2-3-11(7-13)9-22-10-12(8-19-22)20-15(24)14-5-6-23(21-14)16(17)18/h2-8,10,16H,9H2,1H3,(H,20,24). The molecule has 9 heteroatoms. The number of alkyl halides is 2. The van der Waals surface area contributed by atoms with Crippen LogP contribution in [-0.2, 0) is 6.54 Å². The number of carbonyl (C=O) groups is 1. The third kappa shape index (κ3) is 4.00. The van der Waals surface area contributed by atoms with Crippen LogP contribution in [0.5, 0.6) is 5.75 Å². The van der Waals surface area contributed by atoms with E-state index < -0.39 is 12.5 Å². The molecular formula is C16H15F2N5O2. The number of halogens is 2. The third-order valence-electron chi connectivity index (χ3n) is 3.41. The fourth-order valence-electron chi connectivity index (χ4n) is 2.24. The number of amides is 1. The van der Waals surface area contributed by atoms with Gasteiger partial charge < -0.3 is 10.1 Å². The fraction of sp³-hybridized carbons (Fsp3) is 0.188. The number of hydrogen-bond donors (Lipinski definition) is 1. The molecule has 3 aromatic rings. The number of benzene rings is 1. The Morgan fingerprint density at radius 2 is 2.20 bits per heavy atom. The maximum Gasteiger partial charge on any atom is 0.333 e. The lowest BCUT2D eigenvalue weighted by Gasteiger charge is -2.04. The average molecular weight is 347 g/mol. The molecule has 0 aliphatic rings. The van der Waals surface area contributed by atoms with Crippen LogP contribution in [0.25, 0.3) is 0 Å². The lowest BCUT2D eigenvalue weighted by Crippen LogP contribution is -2.13. The molecule has 2 heterocycles. The van der Waals surface area contributed by atoms with Gasteiger partial charge in [-0.3, -0.25) is 9.48 Å². The summed E-state index contributed by atoms with van der Waals surface area (Å²) in [5, 5.41) is 10.2. The van der Waals surface area contributed by atoms with Crippen molar-refractivity contribution in [3.8, 4) is 5.75 Å². The van der Waals surface area contributed by atoms with Gasteiger partial charge in [0.2, 0.25) is 0 Å². The minimum absolute atomic E-state index is 0.0964. The lowest BCUT2D eigenvalue weighted by atomic mass is 10.2. The number of nitrogens with zero attached hydrogens (tertiary/aromatic N) is 4. The molecule has 0 saturated heterocycles. The van der Waals surface area contributed by atoms with E-state index in [2.05, 4.69) is 15.5 Å². The van der Waals surface area contributed by atoms with Gasteiger partial charge in [0.05, 0.1) is 25.5 Å². The first-order chi connectivity index (χ1) is 12.0. The first-order valence-electron chi connectivity index (χ1n) is 7.35. The Kier molecular flexibility index (Phi) is 4.73. The monoisotopic (exact) mass is 347 g/mol. The van der Waals surface area contributed by atoms with Gasteiger partial charge in [-0.25, -0.2) is 4.68 Å². The van der Waals surface area contributed by atoms with Gasteiger partial charge in [-0.2, -0.15) is 19.0 Å². The molecule has 0 saturated carbocycles. The van der Waals surface area contributed by atoms with Crippen molar-refractivity contribution in [2.45, 2.75) is 13.1 Å². The van der Waals surface area contributed by atoms with Gasteiger partial charge >= 0.3 is 6.55 Å². The molecule has 0 radical (unpaired) electrons. The summed E-state index contributed by atoms with van der Waals surface area (Å²) in [6, 6.07) is 8.76. The van der Waals surface area contributed by atoms with Crippen LogP contribution in [-0.4, -0.2) is 32.6 Å². The zero-order chi connectivity index (χ0) is 17.8. The SMILES string of the molecule is COc1cccc(Cn2cc(NC(=O)c3ccn(C(F)F)n3)cn2)c1. The molecule has 0 bridgehead atoms. The zero-order valence-electron chi connectivity index (χ0n) is 13.3. The highest BCUT2D eigenvalue weighted by molar-refractivity contribution is 6.02. The van der Waals surface area contributed by atoms with Gasteiger partial charge in [0.25, 0.3) is 5.91 Å². The number of nitrogens with one attached hydrogen (secondary N) is 1. The van der Waals surface area contributed by atoms with Crippen LogP contribution in [0.1, 0.15) is 22.6 Å². The molecular weight excluding hydrogens is 332 g/mol. The van der Waals surface area contributed by atoms with Crippen molar-refractivity contribution in [2.24, 2.45) is 0 Å². The molecule has 1 amide bonds. The van der Waals surface area contributed by atoms with Crippen LogP contribution in [0, 0.1) is 0 Å². The Hall–Kier alpha value is -3.23. The van der Waals surface area contributed by atoms with Gasteiger partial charge in [-0.05, 0) is 23.8 Å². The number of carbonyl (C=O) groups excluding carboxylic acids is 1. The normalized spacial score (nSPS) is 10.9. The molecule has 130 valence electrons. The molecule has 0 atom stereocenters. The molecule has 0 aliphatic carbocycles. The Bertz CT molecular complexity index is 875. The number of ether oxygens (including phenoxy) is 1. The molecule has 25 heavy (non-hydrogen) atoms. The summed E-state index contributed by atoms with van der Waals surface area (Å²) in [6.07, 6.45) is 4.16. The Morgan fingerprint density at radius 1 is 1.36 bits per heavy atom. The zero-order valence-corrected chi connectivity index (χ0v) is 13.3. The van der Waals surface area contributed by atoms with Crippen molar-refractivity contribution in [1.82, 2.24) is 19.6 Å². The second kappa shape index (κ2) is 7.12. The summed E-state index contributed by atoms with van der Waals surface area (Å²) < 4.78 is 32.2. The van der Waals surface area contributed by atoms with E-state index in [-0.39, 0.29) is 5.69 Å². The molecule has 1 N–H and O–H groups in total. The summed E-state index contributed by atoms with van der Waals surface area (Å²) in [4.78, 5) is 12.0. The second-order valence-electron chi connectivity index (χ2n) is 5.19. The van der Waals surface area contributed by atoms with Crippen molar-refractivity contribution < 1.29 is 18.3 Å². The van der Waals surface area contributed by atoms with E-state index in [1.807, 2.05) is 24.3 Å². The van der Waals surface area contributed by atoms with Crippen molar-refractivity contribution >= 4 is 11.6 Å². The molecule has 7 nitrogen and oxygen atoms in total. The molecule has 0 aliphatic heterocycles. The Morgan fingerprint density at radius 3 is 2.92 bits per heavy atom. The average Bonchev–Trinajstić information content (AvgIpc) is 3.25. The van der Waals surface area contributed by atoms with E-state index in [0.29, 0.717) is 16.9 Å². The predicted octanol–water partition coefficient (Wildman–Crippen LogP) is 2.78. The Labute approximate surface area is 141 Å².